The van der Waals surface area contributed by atoms with Crippen molar-refractivity contribution in [3.63, 3.8) is 0 Å². The highest BCUT2D eigenvalue weighted by atomic mass is 32.2. The van der Waals surface area contributed by atoms with Crippen LogP contribution in [0.4, 0.5) is 0 Å². The summed E-state index contributed by atoms with van der Waals surface area (Å²) in [6.45, 7) is 6.96. The third-order valence-corrected chi connectivity index (χ3v) is 3.74. The van der Waals surface area contributed by atoms with E-state index in [2.05, 4.69) is 27.0 Å². The minimum absolute atomic E-state index is 0.506. The maximum atomic E-state index is 2.34. The van der Waals surface area contributed by atoms with Gasteiger partial charge in [0, 0.05) is 4.75 Å². The molecule has 0 aromatic carbocycles. The SMILES string of the molecule is CCCCCCCC(C)(C)SC. The summed E-state index contributed by atoms with van der Waals surface area (Å²) in [6, 6.07) is 0. The van der Waals surface area contributed by atoms with E-state index in [1.54, 1.807) is 0 Å². The lowest BCUT2D eigenvalue weighted by Crippen LogP contribution is -2.13. The van der Waals surface area contributed by atoms with E-state index in [9.17, 15) is 0 Å². The molecule has 0 aliphatic rings. The van der Waals surface area contributed by atoms with Crippen LogP contribution < -0.4 is 0 Å². The Morgan fingerprint density at radius 2 is 1.58 bits per heavy atom. The van der Waals surface area contributed by atoms with Crippen LogP contribution in [0.15, 0.2) is 0 Å². The maximum Gasteiger partial charge on any atom is 0.0100 e. The first-order chi connectivity index (χ1) is 5.62. The zero-order chi connectivity index (χ0) is 9.45. The molecule has 0 heterocycles. The first-order valence-electron chi connectivity index (χ1n) is 5.17. The van der Waals surface area contributed by atoms with E-state index in [1.807, 2.05) is 11.8 Å². The molecule has 0 aromatic heterocycles. The zero-order valence-electron chi connectivity index (χ0n) is 9.15. The second kappa shape index (κ2) is 6.82. The second-order valence-electron chi connectivity index (χ2n) is 4.13. The summed E-state index contributed by atoms with van der Waals surface area (Å²) in [7, 11) is 0. The van der Waals surface area contributed by atoms with E-state index < -0.39 is 0 Å². The summed E-state index contributed by atoms with van der Waals surface area (Å²) < 4.78 is 0.506. The molecule has 0 rings (SSSR count). The van der Waals surface area contributed by atoms with Gasteiger partial charge in [0.25, 0.3) is 0 Å². The highest BCUT2D eigenvalue weighted by Gasteiger charge is 2.14. The molecule has 0 atom stereocenters. The Morgan fingerprint density at radius 3 is 2.08 bits per heavy atom. The summed E-state index contributed by atoms with van der Waals surface area (Å²) in [4.78, 5) is 0. The fourth-order valence-corrected chi connectivity index (χ4v) is 1.60. The average Bonchev–Trinajstić information content (AvgIpc) is 2.04. The molecular formula is C11H24S. The molecular weight excluding hydrogens is 164 g/mol. The van der Waals surface area contributed by atoms with Crippen molar-refractivity contribution in [3.05, 3.63) is 0 Å². The van der Waals surface area contributed by atoms with Gasteiger partial charge < -0.3 is 0 Å². The Labute approximate surface area is 82.5 Å². The topological polar surface area (TPSA) is 0 Å². The van der Waals surface area contributed by atoms with Gasteiger partial charge >= 0.3 is 0 Å². The number of unbranched alkanes of at least 4 members (excludes halogenated alkanes) is 4. The highest BCUT2D eigenvalue weighted by Crippen LogP contribution is 2.27. The van der Waals surface area contributed by atoms with Crippen LogP contribution in [-0.4, -0.2) is 11.0 Å². The molecule has 12 heavy (non-hydrogen) atoms. The molecule has 0 nitrogen and oxygen atoms in total. The van der Waals surface area contributed by atoms with Crippen LogP contribution in [0.2, 0.25) is 0 Å². The van der Waals surface area contributed by atoms with Crippen LogP contribution in [0.5, 0.6) is 0 Å². The van der Waals surface area contributed by atoms with E-state index in [0.717, 1.165) is 0 Å². The zero-order valence-corrected chi connectivity index (χ0v) is 9.97. The molecule has 0 aliphatic heterocycles. The minimum Gasteiger partial charge on any atom is -0.159 e. The molecule has 0 bridgehead atoms. The predicted molar refractivity (Wildman–Crippen MR) is 61.0 cm³/mol. The normalized spacial score (nSPS) is 12.0. The van der Waals surface area contributed by atoms with Gasteiger partial charge in [-0.05, 0) is 12.7 Å². The fraction of sp³-hybridized carbons (Fsp3) is 1.00. The van der Waals surface area contributed by atoms with Gasteiger partial charge in [-0.1, -0.05) is 52.9 Å². The van der Waals surface area contributed by atoms with Crippen molar-refractivity contribution in [2.75, 3.05) is 6.26 Å². The van der Waals surface area contributed by atoms with Crippen molar-refractivity contribution in [2.45, 2.75) is 64.0 Å². The predicted octanol–water partition coefficient (Wildman–Crippen LogP) is 4.49. The smallest absolute Gasteiger partial charge is 0.0100 e. The first kappa shape index (κ1) is 12.3. The van der Waals surface area contributed by atoms with Gasteiger partial charge in [0.15, 0.2) is 0 Å². The van der Waals surface area contributed by atoms with Gasteiger partial charge in [0.2, 0.25) is 0 Å². The van der Waals surface area contributed by atoms with Crippen LogP contribution in [0.1, 0.15) is 59.3 Å². The third kappa shape index (κ3) is 7.02. The van der Waals surface area contributed by atoms with Crippen molar-refractivity contribution in [1.82, 2.24) is 0 Å². The standard InChI is InChI=1S/C11H24S/c1-5-6-7-8-9-10-11(2,3)12-4/h5-10H2,1-4H3. The van der Waals surface area contributed by atoms with E-state index in [4.69, 9.17) is 0 Å². The molecule has 0 aliphatic carbocycles. The Hall–Kier alpha value is 0.350. The molecule has 74 valence electrons. The summed E-state index contributed by atoms with van der Waals surface area (Å²) in [5.41, 5.74) is 0. The molecule has 0 saturated heterocycles. The monoisotopic (exact) mass is 188 g/mol. The van der Waals surface area contributed by atoms with Crippen molar-refractivity contribution in [2.24, 2.45) is 0 Å². The number of hydrogen-bond acceptors (Lipinski definition) is 1. The summed E-state index contributed by atoms with van der Waals surface area (Å²) >= 11 is 1.99. The average molecular weight is 188 g/mol. The van der Waals surface area contributed by atoms with Gasteiger partial charge in [0.05, 0.1) is 0 Å². The number of thioether (sulfide) groups is 1. The van der Waals surface area contributed by atoms with Crippen LogP contribution in [0.25, 0.3) is 0 Å². The number of hydrogen-bond donors (Lipinski definition) is 0. The lowest BCUT2D eigenvalue weighted by molar-refractivity contribution is 0.550. The van der Waals surface area contributed by atoms with Gasteiger partial charge in [-0.3, -0.25) is 0 Å². The van der Waals surface area contributed by atoms with Gasteiger partial charge in [-0.2, -0.15) is 11.8 Å². The molecule has 0 aromatic rings. The van der Waals surface area contributed by atoms with Crippen LogP contribution >= 0.6 is 11.8 Å². The fourth-order valence-electron chi connectivity index (χ4n) is 1.26. The molecule has 0 spiro atoms. The van der Waals surface area contributed by atoms with Crippen LogP contribution in [0, 0.1) is 0 Å². The summed E-state index contributed by atoms with van der Waals surface area (Å²) in [5, 5.41) is 0. The Morgan fingerprint density at radius 1 is 1.00 bits per heavy atom. The van der Waals surface area contributed by atoms with E-state index in [1.165, 1.54) is 38.5 Å². The first-order valence-corrected chi connectivity index (χ1v) is 6.40. The number of rotatable bonds is 7. The molecule has 0 fully saturated rings. The highest BCUT2D eigenvalue weighted by molar-refractivity contribution is 7.99. The molecule has 0 radical (unpaired) electrons. The minimum atomic E-state index is 0.506. The van der Waals surface area contributed by atoms with Gasteiger partial charge in [-0.15, -0.1) is 0 Å². The van der Waals surface area contributed by atoms with E-state index in [-0.39, 0.29) is 0 Å². The van der Waals surface area contributed by atoms with Crippen molar-refractivity contribution >= 4 is 11.8 Å². The van der Waals surface area contributed by atoms with E-state index in [0.29, 0.717) is 4.75 Å². The van der Waals surface area contributed by atoms with Crippen molar-refractivity contribution in [3.8, 4) is 0 Å². The van der Waals surface area contributed by atoms with Crippen molar-refractivity contribution in [1.29, 1.82) is 0 Å². The quantitative estimate of drug-likeness (QED) is 0.530. The summed E-state index contributed by atoms with van der Waals surface area (Å²) in [6.07, 6.45) is 10.6. The third-order valence-electron chi connectivity index (χ3n) is 2.43. The molecule has 0 amide bonds. The Bertz CT molecular complexity index is 97.2. The lowest BCUT2D eigenvalue weighted by atomic mass is 10.0. The maximum absolute atomic E-state index is 2.34. The molecule has 0 N–H and O–H groups in total. The lowest BCUT2D eigenvalue weighted by Gasteiger charge is -2.21. The van der Waals surface area contributed by atoms with E-state index >= 15 is 0 Å². The molecule has 0 saturated carbocycles. The second-order valence-corrected chi connectivity index (χ2v) is 5.64. The Kier molecular flexibility index (Phi) is 7.02. The molecule has 0 unspecified atom stereocenters. The Balaban J connectivity index is 3.19. The van der Waals surface area contributed by atoms with Crippen molar-refractivity contribution < 1.29 is 0 Å². The summed E-state index contributed by atoms with van der Waals surface area (Å²) in [5.74, 6) is 0. The van der Waals surface area contributed by atoms with Gasteiger partial charge in [0.1, 0.15) is 0 Å². The largest absolute Gasteiger partial charge is 0.159 e. The van der Waals surface area contributed by atoms with Gasteiger partial charge in [-0.25, -0.2) is 0 Å². The van der Waals surface area contributed by atoms with Crippen LogP contribution in [-0.2, 0) is 0 Å². The van der Waals surface area contributed by atoms with Crippen LogP contribution in [0.3, 0.4) is 0 Å². The molecule has 1 heteroatoms.